The van der Waals surface area contributed by atoms with Gasteiger partial charge in [-0.3, -0.25) is 4.79 Å². The molecule has 1 aliphatic rings. The summed E-state index contributed by atoms with van der Waals surface area (Å²) in [6.07, 6.45) is 2.37. The Morgan fingerprint density at radius 2 is 2.13 bits per heavy atom. The molecule has 0 bridgehead atoms. The van der Waals surface area contributed by atoms with Crippen molar-refractivity contribution in [3.63, 3.8) is 0 Å². The predicted octanol–water partition coefficient (Wildman–Crippen LogP) is 3.43. The Kier molecular flexibility index (Phi) is 5.06. The number of nitrogens with zero attached hydrogens (tertiary/aromatic N) is 4. The van der Waals surface area contributed by atoms with Gasteiger partial charge in [0.25, 0.3) is 0 Å². The van der Waals surface area contributed by atoms with Crippen LogP contribution < -0.4 is 0 Å². The van der Waals surface area contributed by atoms with E-state index in [9.17, 15) is 4.79 Å². The molecule has 0 spiro atoms. The topological polar surface area (TPSA) is 51.0 Å². The van der Waals surface area contributed by atoms with Gasteiger partial charge in [0, 0.05) is 24.1 Å². The summed E-state index contributed by atoms with van der Waals surface area (Å²) in [6, 6.07) is 8.49. The van der Waals surface area contributed by atoms with Gasteiger partial charge < -0.3 is 9.47 Å². The molecule has 5 nitrogen and oxygen atoms in total. The number of amides is 1. The molecule has 1 aromatic carbocycles. The number of carbonyl (C=O) groups excluding carboxylic acids is 1. The molecule has 122 valence electrons. The zero-order valence-electron chi connectivity index (χ0n) is 13.2. The third-order valence-electron chi connectivity index (χ3n) is 3.86. The van der Waals surface area contributed by atoms with Gasteiger partial charge in [0.05, 0.1) is 5.75 Å². The van der Waals surface area contributed by atoms with Crippen LogP contribution in [0.1, 0.15) is 30.3 Å². The Bertz CT molecular complexity index is 714. The number of benzene rings is 1. The lowest BCUT2D eigenvalue weighted by Crippen LogP contribution is -2.28. The Morgan fingerprint density at radius 1 is 1.39 bits per heavy atom. The summed E-state index contributed by atoms with van der Waals surface area (Å²) in [5.41, 5.74) is 1.10. The second-order valence-electron chi connectivity index (χ2n) is 5.76. The highest BCUT2D eigenvalue weighted by Crippen LogP contribution is 2.38. The molecule has 0 aliphatic heterocycles. The Hall–Kier alpha value is -1.34. The van der Waals surface area contributed by atoms with E-state index < -0.39 is 0 Å². The van der Waals surface area contributed by atoms with E-state index in [1.165, 1.54) is 24.6 Å². The van der Waals surface area contributed by atoms with Crippen LogP contribution in [0, 0.1) is 6.92 Å². The lowest BCUT2D eigenvalue weighted by molar-refractivity contribution is -0.127. The molecule has 1 saturated carbocycles. The van der Waals surface area contributed by atoms with Crippen molar-refractivity contribution < 1.29 is 4.79 Å². The Morgan fingerprint density at radius 3 is 2.83 bits per heavy atom. The zero-order valence-corrected chi connectivity index (χ0v) is 15.6. The molecule has 3 rings (SSSR count). The number of aryl methyl sites for hydroxylation is 1. The summed E-state index contributed by atoms with van der Waals surface area (Å²) in [5.74, 6) is 1.41. The molecule has 1 aliphatic carbocycles. The summed E-state index contributed by atoms with van der Waals surface area (Å²) in [7, 11) is 1.83. The van der Waals surface area contributed by atoms with E-state index in [2.05, 4.69) is 30.7 Å². The van der Waals surface area contributed by atoms with Crippen molar-refractivity contribution in [3.8, 4) is 0 Å². The van der Waals surface area contributed by atoms with Crippen LogP contribution in [0.2, 0.25) is 0 Å². The van der Waals surface area contributed by atoms with Gasteiger partial charge in [0.2, 0.25) is 5.91 Å². The fraction of sp³-hybridized carbons (Fsp3) is 0.438. The van der Waals surface area contributed by atoms with E-state index in [0.29, 0.717) is 18.3 Å². The zero-order chi connectivity index (χ0) is 16.4. The summed E-state index contributed by atoms with van der Waals surface area (Å²) < 4.78 is 3.18. The number of aromatic nitrogens is 3. The average molecular weight is 395 g/mol. The van der Waals surface area contributed by atoms with Crippen LogP contribution in [0.25, 0.3) is 0 Å². The minimum Gasteiger partial charge on any atom is -0.341 e. The third-order valence-corrected chi connectivity index (χ3v) is 5.56. The molecule has 0 atom stereocenters. The van der Waals surface area contributed by atoms with Crippen molar-refractivity contribution in [3.05, 3.63) is 40.1 Å². The largest absolute Gasteiger partial charge is 0.341 e. The minimum absolute atomic E-state index is 0.0914. The van der Waals surface area contributed by atoms with E-state index in [1.54, 1.807) is 4.90 Å². The molecular weight excluding hydrogens is 376 g/mol. The van der Waals surface area contributed by atoms with Gasteiger partial charge in [-0.15, -0.1) is 10.2 Å². The second-order valence-corrected chi connectivity index (χ2v) is 7.56. The van der Waals surface area contributed by atoms with Gasteiger partial charge in [-0.05, 0) is 31.4 Å². The van der Waals surface area contributed by atoms with Crippen molar-refractivity contribution in [2.24, 2.45) is 0 Å². The van der Waals surface area contributed by atoms with Gasteiger partial charge in [0.1, 0.15) is 5.82 Å². The van der Waals surface area contributed by atoms with Crippen LogP contribution >= 0.6 is 27.7 Å². The van der Waals surface area contributed by atoms with Gasteiger partial charge in [-0.1, -0.05) is 45.9 Å². The Balaban J connectivity index is 1.58. The number of hydrogen-bond donors (Lipinski definition) is 0. The SMILES string of the molecule is Cc1nnc(SCC(=O)N(C)Cc2ccccc2Br)n1C1CC1. The molecule has 23 heavy (non-hydrogen) atoms. The number of thioether (sulfide) groups is 1. The molecule has 0 unspecified atom stereocenters. The first-order chi connectivity index (χ1) is 11.1. The first-order valence-electron chi connectivity index (χ1n) is 7.58. The van der Waals surface area contributed by atoms with E-state index in [0.717, 1.165) is 21.0 Å². The molecule has 7 heteroatoms. The smallest absolute Gasteiger partial charge is 0.233 e. The summed E-state index contributed by atoms with van der Waals surface area (Å²) in [5, 5.41) is 9.20. The highest BCUT2D eigenvalue weighted by Gasteiger charge is 2.28. The molecule has 1 aromatic heterocycles. The molecule has 1 fully saturated rings. The molecule has 1 heterocycles. The molecule has 0 N–H and O–H groups in total. The molecule has 0 saturated heterocycles. The lowest BCUT2D eigenvalue weighted by atomic mass is 10.2. The van der Waals surface area contributed by atoms with E-state index >= 15 is 0 Å². The molecular formula is C16H19BrN4OS. The van der Waals surface area contributed by atoms with Gasteiger partial charge in [-0.25, -0.2) is 0 Å². The van der Waals surface area contributed by atoms with Gasteiger partial charge in [0.15, 0.2) is 5.16 Å². The third kappa shape index (κ3) is 3.95. The summed E-state index contributed by atoms with van der Waals surface area (Å²) in [6.45, 7) is 2.56. The lowest BCUT2D eigenvalue weighted by Gasteiger charge is -2.18. The van der Waals surface area contributed by atoms with Crippen LogP contribution in [-0.2, 0) is 11.3 Å². The Labute approximate surface area is 148 Å². The quantitative estimate of drug-likeness (QED) is 0.704. The standard InChI is InChI=1S/C16H19BrN4OS/c1-11-18-19-16(21(11)13-7-8-13)23-10-15(22)20(2)9-12-5-3-4-6-14(12)17/h3-6,13H,7-10H2,1-2H3. The number of halogens is 1. The van der Waals surface area contributed by atoms with Crippen LogP contribution in [0.3, 0.4) is 0 Å². The van der Waals surface area contributed by atoms with Crippen LogP contribution in [0.5, 0.6) is 0 Å². The number of carbonyl (C=O) groups is 1. The van der Waals surface area contributed by atoms with E-state index in [-0.39, 0.29) is 5.91 Å². The van der Waals surface area contributed by atoms with Crippen LogP contribution in [0.15, 0.2) is 33.9 Å². The molecule has 2 aromatic rings. The van der Waals surface area contributed by atoms with Gasteiger partial charge >= 0.3 is 0 Å². The summed E-state index contributed by atoms with van der Waals surface area (Å²) >= 11 is 4.99. The highest BCUT2D eigenvalue weighted by molar-refractivity contribution is 9.10. The van der Waals surface area contributed by atoms with Gasteiger partial charge in [-0.2, -0.15) is 0 Å². The van der Waals surface area contributed by atoms with Crippen molar-refractivity contribution in [1.82, 2.24) is 19.7 Å². The second kappa shape index (κ2) is 7.05. The maximum absolute atomic E-state index is 12.4. The number of rotatable bonds is 6. The van der Waals surface area contributed by atoms with Crippen molar-refractivity contribution in [2.75, 3.05) is 12.8 Å². The maximum Gasteiger partial charge on any atom is 0.233 e. The van der Waals surface area contributed by atoms with E-state index in [1.807, 2.05) is 38.2 Å². The van der Waals surface area contributed by atoms with Crippen molar-refractivity contribution in [1.29, 1.82) is 0 Å². The van der Waals surface area contributed by atoms with Crippen molar-refractivity contribution in [2.45, 2.75) is 37.5 Å². The van der Waals surface area contributed by atoms with Crippen LogP contribution in [0.4, 0.5) is 0 Å². The van der Waals surface area contributed by atoms with E-state index in [4.69, 9.17) is 0 Å². The van der Waals surface area contributed by atoms with Crippen molar-refractivity contribution >= 4 is 33.6 Å². The number of hydrogen-bond acceptors (Lipinski definition) is 4. The fourth-order valence-corrected chi connectivity index (χ4v) is 3.81. The first kappa shape index (κ1) is 16.5. The summed E-state index contributed by atoms with van der Waals surface area (Å²) in [4.78, 5) is 14.1. The first-order valence-corrected chi connectivity index (χ1v) is 9.36. The highest BCUT2D eigenvalue weighted by atomic mass is 79.9. The normalized spacial score (nSPS) is 14.0. The molecule has 1 amide bonds. The van der Waals surface area contributed by atoms with Crippen LogP contribution in [-0.4, -0.2) is 38.4 Å². The monoisotopic (exact) mass is 394 g/mol. The predicted molar refractivity (Wildman–Crippen MR) is 94.4 cm³/mol. The fourth-order valence-electron chi connectivity index (χ4n) is 2.41. The average Bonchev–Trinajstić information content (AvgIpc) is 3.30. The maximum atomic E-state index is 12.4. The molecule has 0 radical (unpaired) electrons. The minimum atomic E-state index is 0.0914.